The summed E-state index contributed by atoms with van der Waals surface area (Å²) in [6.07, 6.45) is 2.33. The molecule has 1 N–H and O–H groups in total. The van der Waals surface area contributed by atoms with Crippen molar-refractivity contribution in [2.45, 2.75) is 25.8 Å². The molecule has 4 heteroatoms. The van der Waals surface area contributed by atoms with E-state index in [1.165, 1.54) is 6.42 Å². The van der Waals surface area contributed by atoms with Crippen LogP contribution in [0.4, 0.5) is 5.69 Å². The van der Waals surface area contributed by atoms with E-state index in [1.807, 2.05) is 31.2 Å². The van der Waals surface area contributed by atoms with Gasteiger partial charge in [0.15, 0.2) is 0 Å². The highest BCUT2D eigenvalue weighted by Gasteiger charge is 2.19. The summed E-state index contributed by atoms with van der Waals surface area (Å²) in [7, 11) is 2.13. The molecule has 1 heterocycles. The third kappa shape index (κ3) is 3.70. The first-order valence-electron chi connectivity index (χ1n) is 6.92. The lowest BCUT2D eigenvalue weighted by Gasteiger charge is -2.31. The molecule has 1 atom stereocenters. The lowest BCUT2D eigenvalue weighted by Crippen LogP contribution is -2.40. The average Bonchev–Trinajstić information content (AvgIpc) is 2.39. The number of hydrogen-bond acceptors (Lipinski definition) is 4. The van der Waals surface area contributed by atoms with Gasteiger partial charge in [-0.1, -0.05) is 12.1 Å². The molecule has 1 aromatic rings. The van der Waals surface area contributed by atoms with Crippen LogP contribution in [0.15, 0.2) is 24.3 Å². The minimum absolute atomic E-state index is 0.255. The number of nitrogens with one attached hydrogen (secondary N) is 1. The van der Waals surface area contributed by atoms with Crippen molar-refractivity contribution < 1.29 is 9.53 Å². The first kappa shape index (κ1) is 13.9. The Hall–Kier alpha value is -1.55. The summed E-state index contributed by atoms with van der Waals surface area (Å²) in [6, 6.07) is 7.96. The van der Waals surface area contributed by atoms with Crippen LogP contribution in [0.3, 0.4) is 0 Å². The highest BCUT2D eigenvalue weighted by molar-refractivity contribution is 5.95. The zero-order valence-electron chi connectivity index (χ0n) is 11.7. The van der Waals surface area contributed by atoms with Gasteiger partial charge in [-0.25, -0.2) is 4.79 Å². The van der Waals surface area contributed by atoms with Crippen LogP contribution in [0.5, 0.6) is 0 Å². The summed E-state index contributed by atoms with van der Waals surface area (Å²) in [5.41, 5.74) is 1.50. The van der Waals surface area contributed by atoms with Gasteiger partial charge in [0.1, 0.15) is 0 Å². The third-order valence-corrected chi connectivity index (χ3v) is 3.41. The first-order chi connectivity index (χ1) is 9.20. The molecule has 0 spiro atoms. The van der Waals surface area contributed by atoms with Gasteiger partial charge in [0.25, 0.3) is 0 Å². The number of piperidine rings is 1. The predicted octanol–water partition coefficient (Wildman–Crippen LogP) is 2.37. The van der Waals surface area contributed by atoms with E-state index in [9.17, 15) is 4.79 Å². The van der Waals surface area contributed by atoms with Gasteiger partial charge in [0.05, 0.1) is 12.2 Å². The monoisotopic (exact) mass is 262 g/mol. The highest BCUT2D eigenvalue weighted by Crippen LogP contribution is 2.20. The molecule has 0 aliphatic carbocycles. The number of carbonyl (C=O) groups is 1. The highest BCUT2D eigenvalue weighted by atomic mass is 16.5. The summed E-state index contributed by atoms with van der Waals surface area (Å²) in [5.74, 6) is -0.255. The molecule has 1 aliphatic heterocycles. The van der Waals surface area contributed by atoms with E-state index in [1.54, 1.807) is 0 Å². The lowest BCUT2D eigenvalue weighted by atomic mass is 10.0. The van der Waals surface area contributed by atoms with Crippen LogP contribution < -0.4 is 5.32 Å². The molecule has 0 saturated carbocycles. The molecule has 1 fully saturated rings. The number of benzene rings is 1. The fourth-order valence-electron chi connectivity index (χ4n) is 2.50. The number of hydrogen-bond donors (Lipinski definition) is 1. The molecule has 1 aromatic carbocycles. The van der Waals surface area contributed by atoms with E-state index in [-0.39, 0.29) is 5.97 Å². The van der Waals surface area contributed by atoms with Gasteiger partial charge in [0.2, 0.25) is 0 Å². The predicted molar refractivity (Wildman–Crippen MR) is 76.5 cm³/mol. The van der Waals surface area contributed by atoms with Gasteiger partial charge >= 0.3 is 5.97 Å². The van der Waals surface area contributed by atoms with Crippen molar-refractivity contribution in [2.75, 3.05) is 32.1 Å². The molecule has 0 amide bonds. The van der Waals surface area contributed by atoms with Crippen LogP contribution in [0.2, 0.25) is 0 Å². The summed E-state index contributed by atoms with van der Waals surface area (Å²) in [6.45, 7) is 4.39. The molecular formula is C15H22N2O2. The summed E-state index contributed by atoms with van der Waals surface area (Å²) in [4.78, 5) is 14.2. The molecule has 0 aromatic heterocycles. The molecule has 1 aliphatic rings. The molecule has 19 heavy (non-hydrogen) atoms. The number of likely N-dealkylation sites (N-methyl/N-ethyl adjacent to an activating group) is 1. The van der Waals surface area contributed by atoms with Crippen LogP contribution in [0.1, 0.15) is 30.1 Å². The average molecular weight is 262 g/mol. The van der Waals surface area contributed by atoms with Crippen LogP contribution in [0.25, 0.3) is 0 Å². The molecule has 0 radical (unpaired) electrons. The third-order valence-electron chi connectivity index (χ3n) is 3.41. The SMILES string of the molecule is CCOC(=O)c1ccccc1NC1CCCN(C)C1. The number of anilines is 1. The largest absolute Gasteiger partial charge is 0.462 e. The van der Waals surface area contributed by atoms with Gasteiger partial charge in [-0.2, -0.15) is 0 Å². The maximum atomic E-state index is 11.9. The topological polar surface area (TPSA) is 41.6 Å². The van der Waals surface area contributed by atoms with Crippen LogP contribution in [-0.4, -0.2) is 43.7 Å². The van der Waals surface area contributed by atoms with E-state index in [2.05, 4.69) is 17.3 Å². The minimum Gasteiger partial charge on any atom is -0.462 e. The lowest BCUT2D eigenvalue weighted by molar-refractivity contribution is 0.0527. The Morgan fingerprint density at radius 2 is 2.26 bits per heavy atom. The van der Waals surface area contributed by atoms with E-state index in [0.29, 0.717) is 18.2 Å². The number of ether oxygens (including phenoxy) is 1. The standard InChI is InChI=1S/C15H22N2O2/c1-3-19-15(18)13-8-4-5-9-14(13)16-12-7-6-10-17(2)11-12/h4-5,8-9,12,16H,3,6-7,10-11H2,1-2H3. The summed E-state index contributed by atoms with van der Waals surface area (Å²) < 4.78 is 5.09. The Labute approximate surface area is 114 Å². The number of esters is 1. The number of nitrogens with zero attached hydrogens (tertiary/aromatic N) is 1. The second-order valence-electron chi connectivity index (χ2n) is 5.01. The second-order valence-corrected chi connectivity index (χ2v) is 5.01. The Kier molecular flexibility index (Phi) is 4.80. The van der Waals surface area contributed by atoms with Crippen molar-refractivity contribution in [1.82, 2.24) is 4.90 Å². The van der Waals surface area contributed by atoms with Gasteiger partial charge in [-0.05, 0) is 45.5 Å². The number of likely N-dealkylation sites (tertiary alicyclic amines) is 1. The Balaban J connectivity index is 2.09. The number of carbonyl (C=O) groups excluding carboxylic acids is 1. The summed E-state index contributed by atoms with van der Waals surface area (Å²) in [5, 5.41) is 3.48. The van der Waals surface area contributed by atoms with Gasteiger partial charge < -0.3 is 15.0 Å². The van der Waals surface area contributed by atoms with Gasteiger partial charge in [-0.15, -0.1) is 0 Å². The molecule has 1 unspecified atom stereocenters. The van der Waals surface area contributed by atoms with Crippen molar-refractivity contribution in [3.63, 3.8) is 0 Å². The van der Waals surface area contributed by atoms with Gasteiger partial charge in [-0.3, -0.25) is 0 Å². The van der Waals surface area contributed by atoms with Crippen LogP contribution in [0, 0.1) is 0 Å². The Morgan fingerprint density at radius 3 is 3.00 bits per heavy atom. The molecule has 4 nitrogen and oxygen atoms in total. The molecule has 2 rings (SSSR count). The molecule has 0 bridgehead atoms. The van der Waals surface area contributed by atoms with Crippen molar-refractivity contribution in [3.05, 3.63) is 29.8 Å². The number of para-hydroxylation sites is 1. The Morgan fingerprint density at radius 1 is 1.47 bits per heavy atom. The first-order valence-corrected chi connectivity index (χ1v) is 6.92. The molecule has 1 saturated heterocycles. The van der Waals surface area contributed by atoms with E-state index >= 15 is 0 Å². The van der Waals surface area contributed by atoms with E-state index in [4.69, 9.17) is 4.74 Å². The van der Waals surface area contributed by atoms with Crippen molar-refractivity contribution in [3.8, 4) is 0 Å². The van der Waals surface area contributed by atoms with E-state index in [0.717, 1.165) is 25.2 Å². The molecule has 104 valence electrons. The fourth-order valence-corrected chi connectivity index (χ4v) is 2.50. The fraction of sp³-hybridized carbons (Fsp3) is 0.533. The summed E-state index contributed by atoms with van der Waals surface area (Å²) >= 11 is 0. The van der Waals surface area contributed by atoms with Gasteiger partial charge in [0, 0.05) is 18.3 Å². The Bertz CT molecular complexity index is 434. The smallest absolute Gasteiger partial charge is 0.340 e. The minimum atomic E-state index is -0.255. The normalized spacial score (nSPS) is 20.0. The van der Waals surface area contributed by atoms with Crippen LogP contribution in [-0.2, 0) is 4.74 Å². The maximum absolute atomic E-state index is 11.9. The van der Waals surface area contributed by atoms with Crippen molar-refractivity contribution in [2.24, 2.45) is 0 Å². The van der Waals surface area contributed by atoms with E-state index < -0.39 is 0 Å². The van der Waals surface area contributed by atoms with Crippen molar-refractivity contribution >= 4 is 11.7 Å². The zero-order valence-corrected chi connectivity index (χ0v) is 11.7. The van der Waals surface area contributed by atoms with Crippen molar-refractivity contribution in [1.29, 1.82) is 0 Å². The maximum Gasteiger partial charge on any atom is 0.340 e. The quantitative estimate of drug-likeness (QED) is 0.846. The van der Waals surface area contributed by atoms with Crippen LogP contribution >= 0.6 is 0 Å². The molecular weight excluding hydrogens is 240 g/mol. The number of rotatable bonds is 4. The second kappa shape index (κ2) is 6.57. The zero-order chi connectivity index (χ0) is 13.7.